The number of nitrogens with one attached hydrogen (secondary N) is 2. The molecule has 9 heteroatoms. The molecule has 0 aliphatic rings. The summed E-state index contributed by atoms with van der Waals surface area (Å²) in [7, 11) is -3.91. The number of aromatic nitrogens is 2. The van der Waals surface area contributed by atoms with Gasteiger partial charge in [0, 0.05) is 5.02 Å². The first kappa shape index (κ1) is 15.1. The lowest BCUT2D eigenvalue weighted by Gasteiger charge is -2.10. The van der Waals surface area contributed by atoms with Gasteiger partial charge >= 0.3 is 0 Å². The summed E-state index contributed by atoms with van der Waals surface area (Å²) in [6.45, 7) is 1.05. The minimum absolute atomic E-state index is 0.0417. The van der Waals surface area contributed by atoms with E-state index in [4.69, 9.17) is 28.3 Å². The lowest BCUT2D eigenvalue weighted by Crippen LogP contribution is -2.15. The smallest absolute Gasteiger partial charge is 0.265 e. The molecule has 0 saturated heterocycles. The van der Waals surface area contributed by atoms with E-state index in [-0.39, 0.29) is 21.3 Å². The predicted molar refractivity (Wildman–Crippen MR) is 76.5 cm³/mol. The summed E-state index contributed by atoms with van der Waals surface area (Å²) in [4.78, 5) is -0.0917. The van der Waals surface area contributed by atoms with Crippen LogP contribution in [0.1, 0.15) is 11.4 Å². The monoisotopic (exact) mass is 335 g/mol. The zero-order valence-electron chi connectivity index (χ0n) is 10.3. The summed E-state index contributed by atoms with van der Waals surface area (Å²) in [6.07, 6.45) is 0. The molecule has 1 heterocycles. The summed E-state index contributed by atoms with van der Waals surface area (Å²) in [6, 6.07) is 4.40. The molecule has 0 amide bonds. The third-order valence-electron chi connectivity index (χ3n) is 2.56. The maximum Gasteiger partial charge on any atom is 0.265 e. The number of aliphatic hydroxyl groups is 1. The molecule has 0 bridgehead atoms. The van der Waals surface area contributed by atoms with E-state index < -0.39 is 16.6 Å². The fourth-order valence-electron chi connectivity index (χ4n) is 1.70. The number of H-pyrrole nitrogens is 1. The molecular formula is C11H11Cl2N3O3S. The van der Waals surface area contributed by atoms with Gasteiger partial charge in [0.05, 0.1) is 23.0 Å². The van der Waals surface area contributed by atoms with Gasteiger partial charge in [0.15, 0.2) is 0 Å². The largest absolute Gasteiger partial charge is 0.390 e. The SMILES string of the molecule is Cc1[nH]nc(CO)c1S(=O)(=O)Nc1ccc(Cl)cc1Cl. The van der Waals surface area contributed by atoms with Gasteiger partial charge in [0.1, 0.15) is 10.6 Å². The van der Waals surface area contributed by atoms with E-state index in [1.807, 2.05) is 0 Å². The highest BCUT2D eigenvalue weighted by Gasteiger charge is 2.24. The second-order valence-electron chi connectivity index (χ2n) is 4.01. The average Bonchev–Trinajstić information content (AvgIpc) is 2.75. The van der Waals surface area contributed by atoms with Crippen molar-refractivity contribution in [3.8, 4) is 0 Å². The first-order valence-electron chi connectivity index (χ1n) is 5.47. The Kier molecular flexibility index (Phi) is 4.24. The van der Waals surface area contributed by atoms with Crippen LogP contribution in [0.5, 0.6) is 0 Å². The molecule has 20 heavy (non-hydrogen) atoms. The van der Waals surface area contributed by atoms with Crippen LogP contribution < -0.4 is 4.72 Å². The standard InChI is InChI=1S/C11H11Cl2N3O3S/c1-6-11(10(5-17)15-14-6)20(18,19)16-9-3-2-7(12)4-8(9)13/h2-4,16-17H,5H2,1H3,(H,14,15). The predicted octanol–water partition coefficient (Wildman–Crippen LogP) is 2.32. The Hall–Kier alpha value is -1.28. The normalized spacial score (nSPS) is 11.6. The molecule has 0 radical (unpaired) electrons. The van der Waals surface area contributed by atoms with E-state index in [1.165, 1.54) is 18.2 Å². The number of rotatable bonds is 4. The molecule has 108 valence electrons. The van der Waals surface area contributed by atoms with Gasteiger partial charge in [-0.15, -0.1) is 0 Å². The number of nitrogens with zero attached hydrogens (tertiary/aromatic N) is 1. The van der Waals surface area contributed by atoms with Crippen LogP contribution in [0, 0.1) is 6.92 Å². The van der Waals surface area contributed by atoms with E-state index >= 15 is 0 Å². The number of aryl methyl sites for hydroxylation is 1. The van der Waals surface area contributed by atoms with Crippen molar-refractivity contribution in [1.82, 2.24) is 10.2 Å². The van der Waals surface area contributed by atoms with Gasteiger partial charge in [-0.3, -0.25) is 9.82 Å². The maximum absolute atomic E-state index is 12.3. The highest BCUT2D eigenvalue weighted by atomic mass is 35.5. The lowest BCUT2D eigenvalue weighted by molar-refractivity contribution is 0.273. The third-order valence-corrected chi connectivity index (χ3v) is 4.67. The van der Waals surface area contributed by atoms with Gasteiger partial charge in [0.2, 0.25) is 0 Å². The van der Waals surface area contributed by atoms with Crippen molar-refractivity contribution in [2.75, 3.05) is 4.72 Å². The van der Waals surface area contributed by atoms with E-state index in [9.17, 15) is 8.42 Å². The molecule has 6 nitrogen and oxygen atoms in total. The minimum Gasteiger partial charge on any atom is -0.390 e. The Bertz CT molecular complexity index is 743. The number of anilines is 1. The summed E-state index contributed by atoms with van der Waals surface area (Å²) in [5.41, 5.74) is 0.562. The number of hydrogen-bond acceptors (Lipinski definition) is 4. The quantitative estimate of drug-likeness (QED) is 0.798. The number of hydrogen-bond donors (Lipinski definition) is 3. The van der Waals surface area contributed by atoms with Gasteiger partial charge in [0.25, 0.3) is 10.0 Å². The topological polar surface area (TPSA) is 95.1 Å². The third kappa shape index (κ3) is 2.90. The Morgan fingerprint density at radius 1 is 1.40 bits per heavy atom. The molecule has 0 saturated carbocycles. The summed E-state index contributed by atoms with van der Waals surface area (Å²) in [5.74, 6) is 0. The van der Waals surface area contributed by atoms with Crippen molar-refractivity contribution in [1.29, 1.82) is 0 Å². The molecular weight excluding hydrogens is 325 g/mol. The van der Waals surface area contributed by atoms with Crippen molar-refractivity contribution in [3.05, 3.63) is 39.6 Å². The first-order chi connectivity index (χ1) is 9.35. The fraction of sp³-hybridized carbons (Fsp3) is 0.182. The minimum atomic E-state index is -3.91. The number of aliphatic hydroxyl groups excluding tert-OH is 1. The van der Waals surface area contributed by atoms with Crippen LogP contribution in [-0.4, -0.2) is 23.7 Å². The molecule has 0 aliphatic carbocycles. The van der Waals surface area contributed by atoms with Crippen LogP contribution in [0.4, 0.5) is 5.69 Å². The molecule has 0 spiro atoms. The van der Waals surface area contributed by atoms with E-state index in [1.54, 1.807) is 6.92 Å². The average molecular weight is 336 g/mol. The van der Waals surface area contributed by atoms with Crippen LogP contribution in [0.2, 0.25) is 10.0 Å². The van der Waals surface area contributed by atoms with E-state index in [0.717, 1.165) is 0 Å². The Morgan fingerprint density at radius 3 is 2.70 bits per heavy atom. The molecule has 0 unspecified atom stereocenters. The van der Waals surface area contributed by atoms with Crippen molar-refractivity contribution >= 4 is 38.9 Å². The first-order valence-corrected chi connectivity index (χ1v) is 7.71. The van der Waals surface area contributed by atoms with Crippen molar-refractivity contribution in [2.45, 2.75) is 18.4 Å². The summed E-state index contributed by atoms with van der Waals surface area (Å²) >= 11 is 11.7. The molecule has 2 rings (SSSR count). The van der Waals surface area contributed by atoms with Gasteiger partial charge < -0.3 is 5.11 Å². The zero-order chi connectivity index (χ0) is 14.9. The van der Waals surface area contributed by atoms with Crippen LogP contribution >= 0.6 is 23.2 Å². The summed E-state index contributed by atoms with van der Waals surface area (Å²) in [5, 5.41) is 16.0. The molecule has 3 N–H and O–H groups in total. The van der Waals surface area contributed by atoms with E-state index in [2.05, 4.69) is 14.9 Å². The highest BCUT2D eigenvalue weighted by molar-refractivity contribution is 7.92. The van der Waals surface area contributed by atoms with Crippen LogP contribution in [-0.2, 0) is 16.6 Å². The van der Waals surface area contributed by atoms with Gasteiger partial charge in [-0.05, 0) is 25.1 Å². The second kappa shape index (κ2) is 5.61. The number of benzene rings is 1. The molecule has 0 aliphatic heterocycles. The second-order valence-corrected chi connectivity index (χ2v) is 6.48. The van der Waals surface area contributed by atoms with Gasteiger partial charge in [-0.2, -0.15) is 5.10 Å². The van der Waals surface area contributed by atoms with Gasteiger partial charge in [-0.1, -0.05) is 23.2 Å². The molecule has 1 aromatic heterocycles. The van der Waals surface area contributed by atoms with Crippen LogP contribution in [0.25, 0.3) is 0 Å². The molecule has 0 fully saturated rings. The van der Waals surface area contributed by atoms with E-state index in [0.29, 0.717) is 10.7 Å². The Morgan fingerprint density at radius 2 is 2.10 bits per heavy atom. The molecule has 0 atom stereocenters. The van der Waals surface area contributed by atoms with Crippen molar-refractivity contribution in [2.24, 2.45) is 0 Å². The Balaban J connectivity index is 2.43. The highest BCUT2D eigenvalue weighted by Crippen LogP contribution is 2.28. The van der Waals surface area contributed by atoms with Gasteiger partial charge in [-0.25, -0.2) is 8.42 Å². The lowest BCUT2D eigenvalue weighted by atomic mass is 10.3. The number of halogens is 2. The molecule has 1 aromatic carbocycles. The van der Waals surface area contributed by atoms with Crippen molar-refractivity contribution in [3.63, 3.8) is 0 Å². The maximum atomic E-state index is 12.3. The molecule has 2 aromatic rings. The van der Waals surface area contributed by atoms with Crippen LogP contribution in [0.3, 0.4) is 0 Å². The number of aromatic amines is 1. The fourth-order valence-corrected chi connectivity index (χ4v) is 3.65. The number of sulfonamides is 1. The zero-order valence-corrected chi connectivity index (χ0v) is 12.6. The van der Waals surface area contributed by atoms with Crippen LogP contribution in [0.15, 0.2) is 23.1 Å². The Labute approximate surface area is 125 Å². The summed E-state index contributed by atoms with van der Waals surface area (Å²) < 4.78 is 27.0. The van der Waals surface area contributed by atoms with Crippen molar-refractivity contribution < 1.29 is 13.5 Å².